The van der Waals surface area contributed by atoms with E-state index >= 15 is 0 Å². The number of esters is 4. The van der Waals surface area contributed by atoms with Crippen LogP contribution in [0.3, 0.4) is 0 Å². The zero-order valence-electron chi connectivity index (χ0n) is 26.2. The Morgan fingerprint density at radius 3 is 1.26 bits per heavy atom. The lowest BCUT2D eigenvalue weighted by atomic mass is 9.53. The molecule has 9 rings (SSSR count). The minimum atomic E-state index is -4.67. The van der Waals surface area contributed by atoms with Crippen LogP contribution in [-0.4, -0.2) is 75.1 Å². The molecule has 8 bridgehead atoms. The molecule has 8 saturated carbocycles. The molecular formula is C30H42O16S. The molecule has 9 aliphatic rings. The lowest BCUT2D eigenvalue weighted by Crippen LogP contribution is -2.63. The van der Waals surface area contributed by atoms with Crippen LogP contribution in [0.25, 0.3) is 0 Å². The van der Waals surface area contributed by atoms with Gasteiger partial charge in [-0.3, -0.25) is 42.7 Å². The van der Waals surface area contributed by atoms with Crippen molar-refractivity contribution < 1.29 is 75.5 Å². The van der Waals surface area contributed by atoms with Crippen LogP contribution in [0, 0.1) is 47.3 Å². The summed E-state index contributed by atoms with van der Waals surface area (Å²) in [6.07, 6.45) is 11.0. The first-order valence-corrected chi connectivity index (χ1v) is 16.9. The summed E-state index contributed by atoms with van der Waals surface area (Å²) in [6, 6.07) is 0. The third-order valence-electron chi connectivity index (χ3n) is 9.64. The zero-order chi connectivity index (χ0) is 35.3. The highest BCUT2D eigenvalue weighted by atomic mass is 32.3. The van der Waals surface area contributed by atoms with E-state index in [1.807, 2.05) is 0 Å². The predicted octanol–water partition coefficient (Wildman–Crippen LogP) is 2.63. The maximum absolute atomic E-state index is 11.6. The Hall–Kier alpha value is -3.44. The Morgan fingerprint density at radius 2 is 1.00 bits per heavy atom. The largest absolute Gasteiger partial charge is 0.481 e. The monoisotopic (exact) mass is 690 g/mol. The van der Waals surface area contributed by atoms with Gasteiger partial charge in [0.2, 0.25) is 0 Å². The summed E-state index contributed by atoms with van der Waals surface area (Å²) < 4.78 is 46.6. The predicted molar refractivity (Wildman–Crippen MR) is 155 cm³/mol. The van der Waals surface area contributed by atoms with Crippen LogP contribution in [-0.2, 0) is 58.2 Å². The van der Waals surface area contributed by atoms with Crippen molar-refractivity contribution in [2.75, 3.05) is 0 Å². The Labute approximate surface area is 271 Å². The molecule has 0 aromatic rings. The van der Waals surface area contributed by atoms with Crippen molar-refractivity contribution in [3.8, 4) is 0 Å². The highest BCUT2D eigenvalue weighted by molar-refractivity contribution is 7.79. The first-order chi connectivity index (χ1) is 21.7. The third-order valence-corrected chi connectivity index (χ3v) is 9.64. The summed E-state index contributed by atoms with van der Waals surface area (Å²) in [4.78, 5) is 73.1. The molecule has 0 amide bonds. The average Bonchev–Trinajstić information content (AvgIpc) is 2.88. The maximum atomic E-state index is 11.6. The van der Waals surface area contributed by atoms with E-state index in [9.17, 15) is 33.6 Å². The molecule has 4 N–H and O–H groups in total. The van der Waals surface area contributed by atoms with Crippen LogP contribution >= 0.6 is 0 Å². The van der Waals surface area contributed by atoms with E-state index in [4.69, 9.17) is 37.2 Å². The normalized spacial score (nSPS) is 32.7. The van der Waals surface area contributed by atoms with Gasteiger partial charge < -0.3 is 24.4 Å². The Bertz CT molecular complexity index is 1220. The minimum absolute atomic E-state index is 0.214. The molecule has 16 nitrogen and oxygen atoms in total. The third kappa shape index (κ3) is 11.3. The second kappa shape index (κ2) is 15.6. The van der Waals surface area contributed by atoms with Crippen molar-refractivity contribution in [3.05, 3.63) is 0 Å². The highest BCUT2D eigenvalue weighted by Crippen LogP contribution is 2.60. The van der Waals surface area contributed by atoms with Gasteiger partial charge in [-0.15, -0.1) is 0 Å². The Balaban J connectivity index is 0.000000174. The fourth-order valence-corrected chi connectivity index (χ4v) is 8.72. The maximum Gasteiger partial charge on any atom is 0.394 e. The molecule has 9 fully saturated rings. The summed E-state index contributed by atoms with van der Waals surface area (Å²) in [5.74, 6) is 0.145. The van der Waals surface area contributed by atoms with Gasteiger partial charge in [-0.05, 0) is 87.9 Å². The molecular weight excluding hydrogens is 648 g/mol. The first-order valence-electron chi connectivity index (χ1n) is 15.5. The van der Waals surface area contributed by atoms with Gasteiger partial charge >= 0.3 is 46.2 Å². The fourth-order valence-electron chi connectivity index (χ4n) is 8.72. The van der Waals surface area contributed by atoms with Crippen molar-refractivity contribution in [3.63, 3.8) is 0 Å². The van der Waals surface area contributed by atoms with Gasteiger partial charge in [0.25, 0.3) is 5.79 Å². The molecule has 0 unspecified atom stereocenters. The smallest absolute Gasteiger partial charge is 0.394 e. The summed E-state index contributed by atoms with van der Waals surface area (Å²) in [7, 11) is -4.67. The molecule has 1 spiro atoms. The average molecular weight is 691 g/mol. The quantitative estimate of drug-likeness (QED) is 0.184. The van der Waals surface area contributed by atoms with Crippen molar-refractivity contribution in [1.82, 2.24) is 0 Å². The lowest BCUT2D eigenvalue weighted by molar-refractivity contribution is -0.319. The molecule has 1 aliphatic heterocycles. The van der Waals surface area contributed by atoms with Crippen LogP contribution < -0.4 is 0 Å². The van der Waals surface area contributed by atoms with Gasteiger partial charge in [0.1, 0.15) is 18.6 Å². The van der Waals surface area contributed by atoms with Gasteiger partial charge in [0.05, 0.1) is 0 Å². The van der Waals surface area contributed by atoms with E-state index in [1.54, 1.807) is 0 Å². The van der Waals surface area contributed by atoms with E-state index in [2.05, 4.69) is 4.74 Å². The molecule has 264 valence electrons. The number of aliphatic carboxylic acids is 2. The van der Waals surface area contributed by atoms with Gasteiger partial charge in [0.15, 0.2) is 0 Å². The molecule has 0 radical (unpaired) electrons. The molecule has 1 saturated heterocycles. The Kier molecular flexibility index (Phi) is 12.6. The number of hydrogen-bond donors (Lipinski definition) is 4. The van der Waals surface area contributed by atoms with Crippen LogP contribution in [0.2, 0.25) is 0 Å². The summed E-state index contributed by atoms with van der Waals surface area (Å²) >= 11 is 0. The molecule has 0 aromatic carbocycles. The number of Topliss-reactive ketones (excluding diaryl/α,β-unsaturated/α-hetero) is 1. The SMILES string of the molecule is CC(=O)OC(C)=O.O=C(O)CC(=O)O.O=C1C2CC3CC(C2)CC1C3.O=C1CC(=O)OC2(O1)C1CC3CC(C1)CC2C3.O=S(=O)(O)O. The fraction of sp³-hybridized carbons (Fsp3) is 0.767. The minimum Gasteiger partial charge on any atom is -0.481 e. The zero-order valence-corrected chi connectivity index (χ0v) is 27.0. The molecule has 0 atom stereocenters. The van der Waals surface area contributed by atoms with E-state index in [0.717, 1.165) is 49.4 Å². The summed E-state index contributed by atoms with van der Waals surface area (Å²) in [5.41, 5.74) is 0. The van der Waals surface area contributed by atoms with Crippen molar-refractivity contribution in [2.45, 2.75) is 96.7 Å². The van der Waals surface area contributed by atoms with E-state index in [1.165, 1.54) is 52.4 Å². The van der Waals surface area contributed by atoms with Crippen molar-refractivity contribution in [1.29, 1.82) is 0 Å². The van der Waals surface area contributed by atoms with Gasteiger partial charge in [0, 0.05) is 37.5 Å². The number of ether oxygens (including phenoxy) is 3. The number of carbonyl (C=O) groups is 7. The van der Waals surface area contributed by atoms with Gasteiger partial charge in [-0.25, -0.2) is 0 Å². The van der Waals surface area contributed by atoms with Crippen LogP contribution in [0.4, 0.5) is 0 Å². The van der Waals surface area contributed by atoms with Crippen molar-refractivity contribution in [2.24, 2.45) is 47.3 Å². The first kappa shape index (κ1) is 38.0. The van der Waals surface area contributed by atoms with Crippen molar-refractivity contribution >= 4 is 52.0 Å². The second-order valence-corrected chi connectivity index (χ2v) is 14.3. The Morgan fingerprint density at radius 1 is 0.681 bits per heavy atom. The molecule has 0 aromatic heterocycles. The standard InChI is InChI=1S/C13H16O4.C10H14O.C4H6O3.C3H4O4.H2O4S/c14-11-6-12(15)17-13(16-11)9-2-7-1-8(4-9)5-10(13)3-7;11-10-8-2-6-1-7(4-8)5-9(10)3-6;1-3(5)7-4(2)6;4-2(5)1-3(6)7;1-5(2,3)4/h7-10H,1-6H2;6-9H,1-5H2;1-2H3;1H2,(H,4,5)(H,6,7);(H2,1,2,3,4). The number of carboxylic acid groups (broad SMARTS) is 2. The highest BCUT2D eigenvalue weighted by Gasteiger charge is 2.63. The number of ketones is 1. The van der Waals surface area contributed by atoms with Crippen LogP contribution in [0.1, 0.15) is 90.9 Å². The molecule has 8 aliphatic carbocycles. The number of carboxylic acids is 2. The van der Waals surface area contributed by atoms with E-state index in [-0.39, 0.29) is 18.3 Å². The summed E-state index contributed by atoms with van der Waals surface area (Å²) in [5, 5.41) is 15.4. The second-order valence-electron chi connectivity index (χ2n) is 13.4. The molecule has 47 heavy (non-hydrogen) atoms. The lowest BCUT2D eigenvalue weighted by Gasteiger charge is -2.59. The van der Waals surface area contributed by atoms with Gasteiger partial charge in [-0.2, -0.15) is 8.42 Å². The van der Waals surface area contributed by atoms with Crippen LogP contribution in [0.5, 0.6) is 0 Å². The van der Waals surface area contributed by atoms with Gasteiger partial charge in [-0.1, -0.05) is 0 Å². The topological polar surface area (TPSA) is 262 Å². The molecule has 1 heterocycles. The van der Waals surface area contributed by atoms with E-state index < -0.39 is 58.4 Å². The number of carbonyl (C=O) groups excluding carboxylic acids is 5. The van der Waals surface area contributed by atoms with Crippen LogP contribution in [0.15, 0.2) is 0 Å². The molecule has 17 heteroatoms. The number of rotatable bonds is 2. The summed E-state index contributed by atoms with van der Waals surface area (Å²) in [6.45, 7) is 2.36. The number of hydrogen-bond acceptors (Lipinski definition) is 12. The van der Waals surface area contributed by atoms with E-state index in [0.29, 0.717) is 17.6 Å².